The highest BCUT2D eigenvalue weighted by Gasteiger charge is 2.23. The molecule has 0 atom stereocenters. The topological polar surface area (TPSA) is 128 Å². The van der Waals surface area contributed by atoms with E-state index < -0.39 is 0 Å². The molecule has 0 radical (unpaired) electrons. The van der Waals surface area contributed by atoms with Crippen LogP contribution in [0.5, 0.6) is 0 Å². The molecular weight excluding hydrogens is 569 g/mol. The Morgan fingerprint density at radius 3 is 2.56 bits per heavy atom. The molecule has 0 bridgehead atoms. The summed E-state index contributed by atoms with van der Waals surface area (Å²) < 4.78 is 14.7. The summed E-state index contributed by atoms with van der Waals surface area (Å²) in [5, 5.41) is 15.7. The number of carbonyl (C=O) groups excluding carboxylic acids is 1. The van der Waals surface area contributed by atoms with E-state index in [1.165, 1.54) is 12.1 Å². The van der Waals surface area contributed by atoms with Gasteiger partial charge in [-0.15, -0.1) is 0 Å². The Morgan fingerprint density at radius 1 is 0.911 bits per heavy atom. The smallest absolute Gasteiger partial charge is 0.227 e. The van der Waals surface area contributed by atoms with Crippen LogP contribution >= 0.6 is 0 Å². The van der Waals surface area contributed by atoms with Gasteiger partial charge in [0.15, 0.2) is 5.65 Å². The number of likely N-dealkylation sites (N-methyl/N-ethyl adjacent to an activating group) is 1. The number of halogens is 1. The Bertz CT molecular complexity index is 2010. The van der Waals surface area contributed by atoms with Crippen LogP contribution < -0.4 is 10.6 Å². The third-order valence-electron chi connectivity index (χ3n) is 8.38. The van der Waals surface area contributed by atoms with Crippen molar-refractivity contribution in [2.75, 3.05) is 37.8 Å². The zero-order valence-electron chi connectivity index (χ0n) is 25.2. The molecule has 1 aliphatic rings. The van der Waals surface area contributed by atoms with E-state index in [4.69, 9.17) is 0 Å². The first-order valence-corrected chi connectivity index (χ1v) is 15.2. The number of aromatic nitrogens is 6. The van der Waals surface area contributed by atoms with Gasteiger partial charge in [-0.2, -0.15) is 5.10 Å². The van der Waals surface area contributed by atoms with Gasteiger partial charge < -0.3 is 20.5 Å². The number of anilines is 2. The summed E-state index contributed by atoms with van der Waals surface area (Å²) in [5.41, 5.74) is 7.54. The van der Waals surface area contributed by atoms with Crippen molar-refractivity contribution in [3.05, 3.63) is 73.2 Å². The molecule has 4 N–H and O–H groups in total. The van der Waals surface area contributed by atoms with Crippen LogP contribution in [0.4, 0.5) is 15.8 Å². The van der Waals surface area contributed by atoms with Crippen molar-refractivity contribution in [1.82, 2.24) is 35.0 Å². The van der Waals surface area contributed by atoms with Crippen LogP contribution in [0.1, 0.15) is 25.7 Å². The van der Waals surface area contributed by atoms with E-state index in [0.29, 0.717) is 29.3 Å². The van der Waals surface area contributed by atoms with Gasteiger partial charge in [-0.25, -0.2) is 9.37 Å². The average molecular weight is 604 g/mol. The van der Waals surface area contributed by atoms with Gasteiger partial charge >= 0.3 is 0 Å². The predicted molar refractivity (Wildman–Crippen MR) is 175 cm³/mol. The number of hydrogen-bond donors (Lipinski definition) is 4. The molecule has 1 amide bonds. The molecule has 0 spiro atoms. The second-order valence-electron chi connectivity index (χ2n) is 11.9. The Labute approximate surface area is 259 Å². The van der Waals surface area contributed by atoms with Gasteiger partial charge in [-0.05, 0) is 68.9 Å². The van der Waals surface area contributed by atoms with Gasteiger partial charge in [-0.3, -0.25) is 19.9 Å². The largest absolute Gasteiger partial charge is 0.384 e. The number of benzene rings is 1. The summed E-state index contributed by atoms with van der Waals surface area (Å²) in [6, 6.07) is 10.9. The zero-order chi connectivity index (χ0) is 30.9. The van der Waals surface area contributed by atoms with Crippen LogP contribution in [-0.4, -0.2) is 68.1 Å². The van der Waals surface area contributed by atoms with E-state index >= 15 is 0 Å². The molecule has 1 fully saturated rings. The van der Waals surface area contributed by atoms with E-state index in [1.807, 2.05) is 38.4 Å². The molecule has 5 aromatic heterocycles. The van der Waals surface area contributed by atoms with Crippen molar-refractivity contribution >= 4 is 39.2 Å². The molecule has 1 saturated carbocycles. The van der Waals surface area contributed by atoms with Gasteiger partial charge in [0.2, 0.25) is 5.91 Å². The summed E-state index contributed by atoms with van der Waals surface area (Å²) in [7, 11) is 4.00. The van der Waals surface area contributed by atoms with Gasteiger partial charge in [-0.1, -0.05) is 12.8 Å². The average Bonchev–Trinajstić information content (AvgIpc) is 3.80. The Balaban J connectivity index is 1.20. The molecule has 11 heteroatoms. The second-order valence-corrected chi connectivity index (χ2v) is 11.9. The molecule has 6 aromatic rings. The maximum Gasteiger partial charge on any atom is 0.227 e. The van der Waals surface area contributed by atoms with Crippen LogP contribution in [0.25, 0.3) is 55.6 Å². The fraction of sp³-hybridized carbons (Fsp3) is 0.265. The van der Waals surface area contributed by atoms with E-state index in [9.17, 15) is 9.18 Å². The van der Waals surface area contributed by atoms with E-state index in [1.54, 1.807) is 31.0 Å². The summed E-state index contributed by atoms with van der Waals surface area (Å²) >= 11 is 0. The van der Waals surface area contributed by atoms with E-state index in [2.05, 4.69) is 45.7 Å². The van der Waals surface area contributed by atoms with Crippen molar-refractivity contribution in [3.63, 3.8) is 0 Å². The molecular formula is C34H34FN9O. The fourth-order valence-corrected chi connectivity index (χ4v) is 6.04. The standard InChI is InChI=1S/C34H34FN9O/c1-44(2)8-7-38-25-10-21(9-24(35)13-25)29-18-37-19-31-27(29)14-30(41-31)32-28-12-23(16-39-33(28)43-42-32)22-11-26(17-36-15-22)40-34(45)20-5-3-4-6-20/h9-20,38,41H,3-8H2,1-2H3,(H,40,45)(H,39,42,43). The minimum absolute atomic E-state index is 0.0554. The van der Waals surface area contributed by atoms with Crippen LogP contribution in [0.3, 0.4) is 0 Å². The Morgan fingerprint density at radius 2 is 1.71 bits per heavy atom. The Kier molecular flexibility index (Phi) is 7.68. The molecule has 45 heavy (non-hydrogen) atoms. The third kappa shape index (κ3) is 5.99. The maximum absolute atomic E-state index is 14.7. The van der Waals surface area contributed by atoms with Gasteiger partial charge in [0, 0.05) is 70.7 Å². The number of carbonyl (C=O) groups is 1. The molecule has 10 nitrogen and oxygen atoms in total. The molecule has 0 aliphatic heterocycles. The normalized spacial score (nSPS) is 13.7. The number of rotatable bonds is 9. The van der Waals surface area contributed by atoms with Crippen molar-refractivity contribution in [2.45, 2.75) is 25.7 Å². The molecule has 7 rings (SSSR count). The van der Waals surface area contributed by atoms with Gasteiger partial charge in [0.1, 0.15) is 11.5 Å². The fourth-order valence-electron chi connectivity index (χ4n) is 6.04. The minimum atomic E-state index is -0.318. The zero-order valence-corrected chi connectivity index (χ0v) is 25.2. The molecule has 0 saturated heterocycles. The second kappa shape index (κ2) is 12.1. The first-order chi connectivity index (χ1) is 21.9. The molecule has 1 aromatic carbocycles. The first-order valence-electron chi connectivity index (χ1n) is 15.2. The highest BCUT2D eigenvalue weighted by atomic mass is 19.1. The monoisotopic (exact) mass is 603 g/mol. The quantitative estimate of drug-likeness (QED) is 0.149. The minimum Gasteiger partial charge on any atom is -0.384 e. The molecule has 228 valence electrons. The lowest BCUT2D eigenvalue weighted by Gasteiger charge is -2.13. The van der Waals surface area contributed by atoms with Crippen molar-refractivity contribution < 1.29 is 9.18 Å². The highest BCUT2D eigenvalue weighted by Crippen LogP contribution is 2.35. The lowest BCUT2D eigenvalue weighted by molar-refractivity contribution is -0.119. The van der Waals surface area contributed by atoms with Crippen molar-refractivity contribution in [2.24, 2.45) is 5.92 Å². The lowest BCUT2D eigenvalue weighted by atomic mass is 10.0. The predicted octanol–water partition coefficient (Wildman–Crippen LogP) is 6.47. The number of hydrogen-bond acceptors (Lipinski definition) is 7. The van der Waals surface area contributed by atoms with Crippen LogP contribution in [0.2, 0.25) is 0 Å². The number of H-pyrrole nitrogens is 2. The van der Waals surface area contributed by atoms with Gasteiger partial charge in [0.25, 0.3) is 0 Å². The number of nitrogens with one attached hydrogen (secondary N) is 4. The van der Waals surface area contributed by atoms with Crippen LogP contribution in [-0.2, 0) is 4.79 Å². The number of aromatic amines is 2. The summed E-state index contributed by atoms with van der Waals surface area (Å²) in [6.45, 7) is 1.53. The SMILES string of the molecule is CN(C)CCNc1cc(F)cc(-c2cncc3[nH]c(-c4n[nH]c5ncc(-c6cncc(NC(=O)C7CCCC7)c6)cc45)cc23)c1. The summed E-state index contributed by atoms with van der Waals surface area (Å²) in [4.78, 5) is 31.7. The first kappa shape index (κ1) is 28.6. The van der Waals surface area contributed by atoms with E-state index in [-0.39, 0.29) is 17.6 Å². The Hall–Kier alpha value is -5.16. The number of nitrogens with zero attached hydrogens (tertiary/aromatic N) is 5. The molecule has 0 unspecified atom stereocenters. The molecule has 1 aliphatic carbocycles. The number of fused-ring (bicyclic) bond motifs is 2. The number of amides is 1. The van der Waals surface area contributed by atoms with Crippen molar-refractivity contribution in [1.29, 1.82) is 0 Å². The highest BCUT2D eigenvalue weighted by molar-refractivity contribution is 6.01. The lowest BCUT2D eigenvalue weighted by Crippen LogP contribution is -2.20. The molecule has 5 heterocycles. The van der Waals surface area contributed by atoms with Crippen molar-refractivity contribution in [3.8, 4) is 33.6 Å². The van der Waals surface area contributed by atoms with Gasteiger partial charge in [0.05, 0.1) is 29.3 Å². The summed E-state index contributed by atoms with van der Waals surface area (Å²) in [5.74, 6) is -0.194. The third-order valence-corrected chi connectivity index (χ3v) is 8.38. The summed E-state index contributed by atoms with van der Waals surface area (Å²) in [6.07, 6.45) is 12.8. The van der Waals surface area contributed by atoms with E-state index in [0.717, 1.165) is 76.5 Å². The number of pyridine rings is 3. The maximum atomic E-state index is 14.7. The van der Waals surface area contributed by atoms with Crippen LogP contribution in [0, 0.1) is 11.7 Å². The van der Waals surface area contributed by atoms with Crippen LogP contribution in [0.15, 0.2) is 67.4 Å².